The standard InChI is InChI=1S/C19H20N4O4/c1-14-7-8-16(23(26)27)13-17(14)20-18(24)19(25)22-11-9-21(10-12-22)15-5-3-2-4-6-15/h2-8,13H,9-12H2,1H3,(H,20,24). The Labute approximate surface area is 156 Å². The number of non-ortho nitro benzene ring substituents is 1. The lowest BCUT2D eigenvalue weighted by Crippen LogP contribution is -2.51. The van der Waals surface area contributed by atoms with Gasteiger partial charge >= 0.3 is 11.8 Å². The summed E-state index contributed by atoms with van der Waals surface area (Å²) in [5.41, 5.74) is 1.86. The van der Waals surface area contributed by atoms with Crippen molar-refractivity contribution >= 4 is 28.9 Å². The fraction of sp³-hybridized carbons (Fsp3) is 0.263. The van der Waals surface area contributed by atoms with Crippen LogP contribution in [-0.2, 0) is 9.59 Å². The van der Waals surface area contributed by atoms with Gasteiger partial charge in [-0.15, -0.1) is 0 Å². The van der Waals surface area contributed by atoms with E-state index in [1.807, 2.05) is 30.3 Å². The van der Waals surface area contributed by atoms with E-state index in [0.717, 1.165) is 5.69 Å². The number of benzene rings is 2. The molecule has 0 aliphatic carbocycles. The number of carbonyl (C=O) groups excluding carboxylic acids is 2. The van der Waals surface area contributed by atoms with Crippen LogP contribution in [-0.4, -0.2) is 47.8 Å². The molecule has 0 saturated carbocycles. The van der Waals surface area contributed by atoms with Crippen molar-refractivity contribution in [3.05, 3.63) is 64.2 Å². The minimum atomic E-state index is -0.785. The first-order chi connectivity index (χ1) is 13.0. The number of nitro groups is 1. The third-order valence-corrected chi connectivity index (χ3v) is 4.56. The predicted octanol–water partition coefficient (Wildman–Crippen LogP) is 2.19. The average molecular weight is 368 g/mol. The van der Waals surface area contributed by atoms with Crippen LogP contribution in [0.4, 0.5) is 17.1 Å². The van der Waals surface area contributed by atoms with Crippen molar-refractivity contribution in [2.45, 2.75) is 6.92 Å². The van der Waals surface area contributed by atoms with E-state index in [1.54, 1.807) is 6.92 Å². The van der Waals surface area contributed by atoms with E-state index in [1.165, 1.54) is 23.1 Å². The van der Waals surface area contributed by atoms with Crippen LogP contribution in [0, 0.1) is 17.0 Å². The van der Waals surface area contributed by atoms with Crippen molar-refractivity contribution in [3.8, 4) is 0 Å². The summed E-state index contributed by atoms with van der Waals surface area (Å²) >= 11 is 0. The highest BCUT2D eigenvalue weighted by atomic mass is 16.6. The maximum Gasteiger partial charge on any atom is 0.313 e. The number of para-hydroxylation sites is 1. The molecule has 1 N–H and O–H groups in total. The third kappa shape index (κ3) is 4.22. The first-order valence-corrected chi connectivity index (χ1v) is 8.61. The smallest absolute Gasteiger partial charge is 0.313 e. The number of anilines is 2. The molecule has 0 atom stereocenters. The summed E-state index contributed by atoms with van der Waals surface area (Å²) in [6.07, 6.45) is 0. The van der Waals surface area contributed by atoms with E-state index in [0.29, 0.717) is 31.7 Å². The molecule has 1 aliphatic heterocycles. The lowest BCUT2D eigenvalue weighted by atomic mass is 10.2. The van der Waals surface area contributed by atoms with Gasteiger partial charge in [0.05, 0.1) is 10.6 Å². The summed E-state index contributed by atoms with van der Waals surface area (Å²) in [6.45, 7) is 3.87. The van der Waals surface area contributed by atoms with Crippen LogP contribution in [0.1, 0.15) is 5.56 Å². The maximum atomic E-state index is 12.4. The monoisotopic (exact) mass is 368 g/mol. The van der Waals surface area contributed by atoms with E-state index in [-0.39, 0.29) is 11.4 Å². The zero-order chi connectivity index (χ0) is 19.4. The molecule has 1 heterocycles. The van der Waals surface area contributed by atoms with Gasteiger partial charge in [-0.25, -0.2) is 0 Å². The highest BCUT2D eigenvalue weighted by molar-refractivity contribution is 6.39. The van der Waals surface area contributed by atoms with Gasteiger partial charge < -0.3 is 15.1 Å². The molecule has 0 unspecified atom stereocenters. The first kappa shape index (κ1) is 18.4. The lowest BCUT2D eigenvalue weighted by Gasteiger charge is -2.35. The molecule has 1 aliphatic rings. The van der Waals surface area contributed by atoms with E-state index in [4.69, 9.17) is 0 Å². The van der Waals surface area contributed by atoms with Crippen LogP contribution in [0.2, 0.25) is 0 Å². The molecule has 0 bridgehead atoms. The van der Waals surface area contributed by atoms with Crippen LogP contribution in [0.25, 0.3) is 0 Å². The van der Waals surface area contributed by atoms with Crippen LogP contribution >= 0.6 is 0 Å². The number of nitrogens with one attached hydrogen (secondary N) is 1. The van der Waals surface area contributed by atoms with Crippen molar-refractivity contribution in [2.24, 2.45) is 0 Å². The molecule has 8 nitrogen and oxygen atoms in total. The van der Waals surface area contributed by atoms with E-state index in [2.05, 4.69) is 10.2 Å². The molecule has 2 aromatic carbocycles. The predicted molar refractivity (Wildman–Crippen MR) is 102 cm³/mol. The Bertz CT molecular complexity index is 861. The van der Waals surface area contributed by atoms with Gasteiger partial charge in [0.25, 0.3) is 5.69 Å². The quantitative estimate of drug-likeness (QED) is 0.509. The SMILES string of the molecule is Cc1ccc([N+](=O)[O-])cc1NC(=O)C(=O)N1CCN(c2ccccc2)CC1. The zero-order valence-electron chi connectivity index (χ0n) is 14.9. The third-order valence-electron chi connectivity index (χ3n) is 4.56. The molecule has 2 aromatic rings. The number of hydrogen-bond donors (Lipinski definition) is 1. The summed E-state index contributed by atoms with van der Waals surface area (Å²) in [5.74, 6) is -1.42. The first-order valence-electron chi connectivity index (χ1n) is 8.61. The minimum Gasteiger partial charge on any atom is -0.368 e. The number of carbonyl (C=O) groups is 2. The molecule has 0 aromatic heterocycles. The maximum absolute atomic E-state index is 12.4. The summed E-state index contributed by atoms with van der Waals surface area (Å²) in [4.78, 5) is 38.8. The van der Waals surface area contributed by atoms with Crippen LogP contribution in [0.15, 0.2) is 48.5 Å². The van der Waals surface area contributed by atoms with Gasteiger partial charge in [0.2, 0.25) is 0 Å². The van der Waals surface area contributed by atoms with Gasteiger partial charge in [-0.3, -0.25) is 19.7 Å². The van der Waals surface area contributed by atoms with Gasteiger partial charge in [-0.05, 0) is 24.6 Å². The summed E-state index contributed by atoms with van der Waals surface area (Å²) in [5, 5.41) is 13.4. The summed E-state index contributed by atoms with van der Waals surface area (Å²) < 4.78 is 0. The molecule has 1 fully saturated rings. The number of nitro benzene ring substituents is 1. The van der Waals surface area contributed by atoms with Crippen LogP contribution in [0.3, 0.4) is 0 Å². The number of rotatable bonds is 3. The summed E-state index contributed by atoms with van der Waals surface area (Å²) in [7, 11) is 0. The molecule has 3 rings (SSSR count). The molecule has 27 heavy (non-hydrogen) atoms. The van der Waals surface area contributed by atoms with E-state index in [9.17, 15) is 19.7 Å². The molecule has 140 valence electrons. The number of nitrogens with zero attached hydrogens (tertiary/aromatic N) is 3. The van der Waals surface area contributed by atoms with E-state index < -0.39 is 16.7 Å². The van der Waals surface area contributed by atoms with Crippen molar-refractivity contribution in [1.82, 2.24) is 4.90 Å². The molecule has 0 radical (unpaired) electrons. The van der Waals surface area contributed by atoms with Gasteiger partial charge in [0.1, 0.15) is 0 Å². The Morgan fingerprint density at radius 2 is 1.70 bits per heavy atom. The van der Waals surface area contributed by atoms with Crippen molar-refractivity contribution in [2.75, 3.05) is 36.4 Å². The normalized spacial score (nSPS) is 14.0. The fourth-order valence-corrected chi connectivity index (χ4v) is 2.98. The molecular formula is C19H20N4O4. The Kier molecular flexibility index (Phi) is 5.35. The van der Waals surface area contributed by atoms with Gasteiger partial charge in [0, 0.05) is 44.0 Å². The second-order valence-corrected chi connectivity index (χ2v) is 6.33. The van der Waals surface area contributed by atoms with Crippen LogP contribution < -0.4 is 10.2 Å². The van der Waals surface area contributed by atoms with Crippen molar-refractivity contribution in [3.63, 3.8) is 0 Å². The highest BCUT2D eigenvalue weighted by Crippen LogP contribution is 2.22. The Hall–Kier alpha value is -3.42. The number of aryl methyl sites for hydroxylation is 1. The largest absolute Gasteiger partial charge is 0.368 e. The van der Waals surface area contributed by atoms with Crippen molar-refractivity contribution in [1.29, 1.82) is 0 Å². The molecule has 1 saturated heterocycles. The van der Waals surface area contributed by atoms with Crippen molar-refractivity contribution < 1.29 is 14.5 Å². The van der Waals surface area contributed by atoms with Gasteiger partial charge in [-0.1, -0.05) is 24.3 Å². The molecule has 0 spiro atoms. The molecular weight excluding hydrogens is 348 g/mol. The van der Waals surface area contributed by atoms with E-state index >= 15 is 0 Å². The Morgan fingerprint density at radius 1 is 1.04 bits per heavy atom. The molecule has 8 heteroatoms. The second kappa shape index (κ2) is 7.86. The highest BCUT2D eigenvalue weighted by Gasteiger charge is 2.26. The number of piperazine rings is 1. The Balaban J connectivity index is 1.61. The fourth-order valence-electron chi connectivity index (χ4n) is 2.98. The Morgan fingerprint density at radius 3 is 2.33 bits per heavy atom. The summed E-state index contributed by atoms with van der Waals surface area (Å²) in [6, 6.07) is 14.0. The average Bonchev–Trinajstić information content (AvgIpc) is 2.69. The number of amides is 2. The topological polar surface area (TPSA) is 95.8 Å². The number of hydrogen-bond acceptors (Lipinski definition) is 5. The zero-order valence-corrected chi connectivity index (χ0v) is 14.9. The van der Waals surface area contributed by atoms with Crippen LogP contribution in [0.5, 0.6) is 0 Å². The lowest BCUT2D eigenvalue weighted by molar-refractivity contribution is -0.384. The second-order valence-electron chi connectivity index (χ2n) is 6.33. The minimum absolute atomic E-state index is 0.139. The molecule has 2 amide bonds. The van der Waals surface area contributed by atoms with Gasteiger partial charge in [-0.2, -0.15) is 0 Å². The van der Waals surface area contributed by atoms with Gasteiger partial charge in [0.15, 0.2) is 0 Å².